The summed E-state index contributed by atoms with van der Waals surface area (Å²) in [5.41, 5.74) is 0.635. The van der Waals surface area contributed by atoms with E-state index in [4.69, 9.17) is 4.74 Å². The highest BCUT2D eigenvalue weighted by atomic mass is 32.1. The van der Waals surface area contributed by atoms with Crippen LogP contribution in [0.25, 0.3) is 10.6 Å². The summed E-state index contributed by atoms with van der Waals surface area (Å²) >= 11 is 1.23. The molecule has 0 bridgehead atoms. The summed E-state index contributed by atoms with van der Waals surface area (Å²) in [5, 5.41) is 2.08. The summed E-state index contributed by atoms with van der Waals surface area (Å²) in [5.74, 6) is -1.00. The third kappa shape index (κ3) is 2.04. The molecule has 0 radical (unpaired) electrons. The van der Waals surface area contributed by atoms with Crippen LogP contribution in [0.2, 0.25) is 0 Å². The summed E-state index contributed by atoms with van der Waals surface area (Å²) in [6.07, 6.45) is 2.35. The van der Waals surface area contributed by atoms with Gasteiger partial charge in [-0.05, 0) is 24.1 Å². The molecule has 2 heterocycles. The molecule has 1 aromatic heterocycles. The van der Waals surface area contributed by atoms with Gasteiger partial charge in [-0.3, -0.25) is 0 Å². The van der Waals surface area contributed by atoms with Crippen LogP contribution in [-0.4, -0.2) is 18.2 Å². The van der Waals surface area contributed by atoms with Crippen LogP contribution in [0.1, 0.15) is 17.9 Å². The van der Waals surface area contributed by atoms with Crippen molar-refractivity contribution in [1.82, 2.24) is 4.98 Å². The SMILES string of the molecule is Fc1cc(C2CCOC2)cc(F)c1-c1nccs1. The van der Waals surface area contributed by atoms with E-state index in [9.17, 15) is 8.78 Å². The van der Waals surface area contributed by atoms with Crippen LogP contribution in [0.4, 0.5) is 8.78 Å². The Morgan fingerprint density at radius 3 is 2.61 bits per heavy atom. The number of thiazole rings is 1. The zero-order valence-corrected chi connectivity index (χ0v) is 10.3. The average molecular weight is 267 g/mol. The second-order valence-corrected chi connectivity index (χ2v) is 5.15. The molecule has 1 unspecified atom stereocenters. The largest absolute Gasteiger partial charge is 0.381 e. The maximum absolute atomic E-state index is 14.0. The monoisotopic (exact) mass is 267 g/mol. The Kier molecular flexibility index (Phi) is 3.09. The third-order valence-corrected chi connectivity index (χ3v) is 3.90. The first kappa shape index (κ1) is 11.7. The number of ether oxygens (including phenoxy) is 1. The van der Waals surface area contributed by atoms with E-state index >= 15 is 0 Å². The Balaban J connectivity index is 2.03. The van der Waals surface area contributed by atoms with E-state index in [1.165, 1.54) is 29.7 Å². The molecule has 3 rings (SSSR count). The van der Waals surface area contributed by atoms with E-state index in [1.54, 1.807) is 5.38 Å². The number of aromatic nitrogens is 1. The molecule has 0 spiro atoms. The standard InChI is InChI=1S/C13H11F2NOS/c14-10-5-9(8-1-3-17-7-8)6-11(15)12(10)13-16-2-4-18-13/h2,4-6,8H,1,3,7H2. The van der Waals surface area contributed by atoms with Crippen molar-refractivity contribution in [2.24, 2.45) is 0 Å². The van der Waals surface area contributed by atoms with Gasteiger partial charge in [0.05, 0.1) is 12.2 Å². The zero-order valence-electron chi connectivity index (χ0n) is 9.53. The lowest BCUT2D eigenvalue weighted by Gasteiger charge is -2.10. The molecule has 1 saturated heterocycles. The van der Waals surface area contributed by atoms with Crippen LogP contribution in [-0.2, 0) is 4.74 Å². The number of rotatable bonds is 2. The van der Waals surface area contributed by atoms with Gasteiger partial charge in [0.25, 0.3) is 0 Å². The third-order valence-electron chi connectivity index (χ3n) is 3.11. The van der Waals surface area contributed by atoms with Gasteiger partial charge in [-0.15, -0.1) is 11.3 Å². The predicted octanol–water partition coefficient (Wildman–Crippen LogP) is 3.59. The van der Waals surface area contributed by atoms with Crippen molar-refractivity contribution in [2.75, 3.05) is 13.2 Å². The van der Waals surface area contributed by atoms with Gasteiger partial charge in [-0.1, -0.05) is 0 Å². The lowest BCUT2D eigenvalue weighted by Crippen LogP contribution is -2.01. The molecule has 1 aliphatic rings. The van der Waals surface area contributed by atoms with E-state index in [2.05, 4.69) is 4.98 Å². The van der Waals surface area contributed by atoms with E-state index in [-0.39, 0.29) is 11.5 Å². The van der Waals surface area contributed by atoms with Gasteiger partial charge in [0.2, 0.25) is 0 Å². The van der Waals surface area contributed by atoms with Crippen molar-refractivity contribution < 1.29 is 13.5 Å². The van der Waals surface area contributed by atoms with E-state index in [1.807, 2.05) is 0 Å². The molecule has 1 fully saturated rings. The molecule has 94 valence electrons. The van der Waals surface area contributed by atoms with Crippen LogP contribution in [0.3, 0.4) is 0 Å². The second-order valence-electron chi connectivity index (χ2n) is 4.26. The van der Waals surface area contributed by atoms with E-state index in [0.29, 0.717) is 23.8 Å². The first-order valence-corrected chi connectivity index (χ1v) is 6.60. The maximum atomic E-state index is 14.0. The van der Waals surface area contributed by atoms with Crippen LogP contribution >= 0.6 is 11.3 Å². The Morgan fingerprint density at radius 1 is 1.28 bits per heavy atom. The van der Waals surface area contributed by atoms with Crippen molar-refractivity contribution in [3.05, 3.63) is 40.9 Å². The van der Waals surface area contributed by atoms with Crippen LogP contribution < -0.4 is 0 Å². The van der Waals surface area contributed by atoms with Crippen molar-refractivity contribution in [3.8, 4) is 10.6 Å². The molecule has 2 aromatic rings. The van der Waals surface area contributed by atoms with Gasteiger partial charge in [0.1, 0.15) is 16.6 Å². The highest BCUT2D eigenvalue weighted by Crippen LogP contribution is 2.33. The number of hydrogen-bond donors (Lipinski definition) is 0. The quantitative estimate of drug-likeness (QED) is 0.829. The lowest BCUT2D eigenvalue weighted by atomic mass is 9.97. The van der Waals surface area contributed by atoms with Crippen LogP contribution in [0, 0.1) is 11.6 Å². The molecule has 5 heteroatoms. The Hall–Kier alpha value is -1.33. The molecule has 0 amide bonds. The number of halogens is 2. The molecule has 0 N–H and O–H groups in total. The van der Waals surface area contributed by atoms with Gasteiger partial charge in [-0.2, -0.15) is 0 Å². The van der Waals surface area contributed by atoms with Crippen molar-refractivity contribution in [3.63, 3.8) is 0 Å². The fourth-order valence-corrected chi connectivity index (χ4v) is 2.86. The lowest BCUT2D eigenvalue weighted by molar-refractivity contribution is 0.194. The van der Waals surface area contributed by atoms with Crippen molar-refractivity contribution >= 4 is 11.3 Å². The Labute approximate surface area is 107 Å². The van der Waals surface area contributed by atoms with E-state index < -0.39 is 11.6 Å². The molecule has 1 atom stereocenters. The van der Waals surface area contributed by atoms with Gasteiger partial charge in [0.15, 0.2) is 0 Å². The molecular formula is C13H11F2NOS. The minimum atomic E-state index is -0.549. The Bertz CT molecular complexity index is 527. The summed E-state index contributed by atoms with van der Waals surface area (Å²) in [6.45, 7) is 1.19. The maximum Gasteiger partial charge on any atom is 0.136 e. The minimum absolute atomic E-state index is 0.0346. The number of nitrogens with zero attached hydrogens (tertiary/aromatic N) is 1. The number of benzene rings is 1. The van der Waals surface area contributed by atoms with Gasteiger partial charge in [0, 0.05) is 24.1 Å². The number of hydrogen-bond acceptors (Lipinski definition) is 3. The Morgan fingerprint density at radius 2 is 2.06 bits per heavy atom. The van der Waals surface area contributed by atoms with Gasteiger partial charge >= 0.3 is 0 Å². The normalized spacial score (nSPS) is 19.3. The highest BCUT2D eigenvalue weighted by Gasteiger charge is 2.22. The molecule has 1 aromatic carbocycles. The average Bonchev–Trinajstić information content (AvgIpc) is 3.01. The van der Waals surface area contributed by atoms with Crippen molar-refractivity contribution in [2.45, 2.75) is 12.3 Å². The van der Waals surface area contributed by atoms with Crippen LogP contribution in [0.15, 0.2) is 23.7 Å². The highest BCUT2D eigenvalue weighted by molar-refractivity contribution is 7.13. The molecule has 2 nitrogen and oxygen atoms in total. The zero-order chi connectivity index (χ0) is 12.5. The molecule has 0 saturated carbocycles. The molecule has 0 aliphatic carbocycles. The fourth-order valence-electron chi connectivity index (χ4n) is 2.18. The summed E-state index contributed by atoms with van der Waals surface area (Å²) in [7, 11) is 0. The molecule has 18 heavy (non-hydrogen) atoms. The summed E-state index contributed by atoms with van der Waals surface area (Å²) in [4.78, 5) is 3.95. The topological polar surface area (TPSA) is 22.1 Å². The van der Waals surface area contributed by atoms with Crippen LogP contribution in [0.5, 0.6) is 0 Å². The first-order valence-electron chi connectivity index (χ1n) is 5.72. The predicted molar refractivity (Wildman–Crippen MR) is 65.6 cm³/mol. The van der Waals surface area contributed by atoms with Gasteiger partial charge < -0.3 is 4.74 Å². The summed E-state index contributed by atoms with van der Waals surface area (Å²) < 4.78 is 33.3. The smallest absolute Gasteiger partial charge is 0.136 e. The molecule has 1 aliphatic heterocycles. The minimum Gasteiger partial charge on any atom is -0.381 e. The molecular weight excluding hydrogens is 256 g/mol. The summed E-state index contributed by atoms with van der Waals surface area (Å²) in [6, 6.07) is 2.80. The van der Waals surface area contributed by atoms with E-state index in [0.717, 1.165) is 6.42 Å². The fraction of sp³-hybridized carbons (Fsp3) is 0.308. The van der Waals surface area contributed by atoms with Crippen molar-refractivity contribution in [1.29, 1.82) is 0 Å². The van der Waals surface area contributed by atoms with Gasteiger partial charge in [-0.25, -0.2) is 13.8 Å². The second kappa shape index (κ2) is 4.74. The first-order chi connectivity index (χ1) is 8.75.